The predicted octanol–water partition coefficient (Wildman–Crippen LogP) is -2.01. The van der Waals surface area contributed by atoms with Crippen LogP contribution in [-0.2, 0) is 10.0 Å². The molecule has 0 unspecified atom stereocenters. The van der Waals surface area contributed by atoms with E-state index in [4.69, 9.17) is 0 Å². The van der Waals surface area contributed by atoms with Crippen molar-refractivity contribution in [3.05, 3.63) is 0 Å². The van der Waals surface area contributed by atoms with Gasteiger partial charge in [0.2, 0.25) is 10.0 Å². The van der Waals surface area contributed by atoms with Crippen LogP contribution in [0.3, 0.4) is 0 Å². The zero-order valence-corrected chi connectivity index (χ0v) is 9.82. The van der Waals surface area contributed by atoms with E-state index in [-0.39, 0.29) is 27.3 Å². The number of hydrogen-bond donors (Lipinski definition) is 1. The van der Waals surface area contributed by atoms with Crippen LogP contribution in [0.4, 0.5) is 0 Å². The molecular formula is CH7NO2PbS. The topological polar surface area (TPSA) is 60.2 Å². The molecule has 0 aromatic rings. The van der Waals surface area contributed by atoms with Gasteiger partial charge in [-0.3, -0.25) is 0 Å². The van der Waals surface area contributed by atoms with Crippen molar-refractivity contribution < 1.29 is 8.42 Å². The summed E-state index contributed by atoms with van der Waals surface area (Å²) >= 11 is 0. The number of nitrogens with two attached hydrogens (primary N) is 1. The monoisotopic (exact) mass is 305 g/mol. The fourth-order valence-electron chi connectivity index (χ4n) is 0. The summed E-state index contributed by atoms with van der Waals surface area (Å²) in [6.45, 7) is 0. The van der Waals surface area contributed by atoms with Crippen LogP contribution in [0.1, 0.15) is 0 Å². The van der Waals surface area contributed by atoms with Crippen LogP contribution in [0.5, 0.6) is 0 Å². The molecule has 0 rings (SSSR count). The normalized spacial score (nSPS) is 9.67. The number of rotatable bonds is 0. The van der Waals surface area contributed by atoms with E-state index in [1.807, 2.05) is 0 Å². The summed E-state index contributed by atoms with van der Waals surface area (Å²) in [5, 5.41) is 4.33. The second-order valence-electron chi connectivity index (χ2n) is 0.830. The van der Waals surface area contributed by atoms with Crippen molar-refractivity contribution >= 4 is 37.3 Å². The summed E-state index contributed by atoms with van der Waals surface area (Å²) in [6.07, 6.45) is 0.938. The molecule has 0 aromatic heterocycles. The van der Waals surface area contributed by atoms with Gasteiger partial charge in [-0.2, -0.15) is 0 Å². The van der Waals surface area contributed by atoms with Gasteiger partial charge in [0.1, 0.15) is 0 Å². The molecule has 0 spiro atoms. The first-order valence-corrected chi connectivity index (χ1v) is 2.93. The van der Waals surface area contributed by atoms with Crippen LogP contribution in [0.25, 0.3) is 0 Å². The van der Waals surface area contributed by atoms with Gasteiger partial charge < -0.3 is 0 Å². The van der Waals surface area contributed by atoms with Crippen LogP contribution in [0, 0.1) is 0 Å². The number of primary sulfonamides is 1. The molecule has 0 amide bonds. The first-order valence-electron chi connectivity index (χ1n) is 0.977. The van der Waals surface area contributed by atoms with E-state index in [2.05, 4.69) is 5.14 Å². The third-order valence-electron chi connectivity index (χ3n) is 0. The minimum atomic E-state index is -3.17. The molecule has 0 bridgehead atoms. The standard InChI is InChI=1S/CH5NO2S.Pb.2H/c1-5(2,3)4;;;/h1H3,(H2,2,3,4);;;. The first kappa shape index (κ1) is 9.95. The summed E-state index contributed by atoms with van der Waals surface area (Å²) in [4.78, 5) is 0. The molecule has 0 aromatic carbocycles. The van der Waals surface area contributed by atoms with Gasteiger partial charge in [0, 0.05) is 0 Å². The SMILES string of the molecule is CS(N)(=O)=O.[PbH2]. The fraction of sp³-hybridized carbons (Fsp3) is 1.00. The minimum absolute atomic E-state index is 0. The third kappa shape index (κ3) is 102. The molecule has 0 aliphatic carbocycles. The van der Waals surface area contributed by atoms with Crippen LogP contribution in [0.15, 0.2) is 0 Å². The molecule has 3 nitrogen and oxygen atoms in total. The van der Waals surface area contributed by atoms with Crippen molar-refractivity contribution in [2.24, 2.45) is 5.14 Å². The quantitative estimate of drug-likeness (QED) is 0.526. The summed E-state index contributed by atoms with van der Waals surface area (Å²) < 4.78 is 18.8. The van der Waals surface area contributed by atoms with Gasteiger partial charge in [0.15, 0.2) is 0 Å². The number of hydrogen-bond acceptors (Lipinski definition) is 2. The molecule has 0 aliphatic rings. The summed E-state index contributed by atoms with van der Waals surface area (Å²) in [7, 11) is -3.17. The summed E-state index contributed by atoms with van der Waals surface area (Å²) in [5.41, 5.74) is 0. The first-order chi connectivity index (χ1) is 2.00. The van der Waals surface area contributed by atoms with Gasteiger partial charge in [-0.05, 0) is 0 Å². The van der Waals surface area contributed by atoms with Gasteiger partial charge in [-0.1, -0.05) is 0 Å². The van der Waals surface area contributed by atoms with Crippen molar-refractivity contribution in [2.75, 3.05) is 6.26 Å². The molecule has 0 saturated heterocycles. The zero-order valence-electron chi connectivity index (χ0n) is 3.51. The maximum absolute atomic E-state index is 9.41. The molecule has 2 radical (unpaired) electrons. The number of sulfonamides is 1. The van der Waals surface area contributed by atoms with Crippen molar-refractivity contribution in [3.8, 4) is 0 Å². The average Bonchev–Trinajstić information content (AvgIpc) is 0.722. The molecule has 38 valence electrons. The molecule has 2 N–H and O–H groups in total. The van der Waals surface area contributed by atoms with Gasteiger partial charge in [0.25, 0.3) is 0 Å². The second kappa shape index (κ2) is 2.92. The van der Waals surface area contributed by atoms with Crippen LogP contribution in [0.2, 0.25) is 0 Å². The Morgan fingerprint density at radius 2 is 1.50 bits per heavy atom. The Hall–Kier alpha value is 0.832. The van der Waals surface area contributed by atoms with Crippen LogP contribution < -0.4 is 5.14 Å². The second-order valence-corrected chi connectivity index (χ2v) is 2.49. The van der Waals surface area contributed by atoms with E-state index in [1.165, 1.54) is 0 Å². The van der Waals surface area contributed by atoms with Crippen molar-refractivity contribution in [2.45, 2.75) is 0 Å². The van der Waals surface area contributed by atoms with Gasteiger partial charge >= 0.3 is 27.3 Å². The average molecular weight is 304 g/mol. The Balaban J connectivity index is 0. The molecule has 0 aliphatic heterocycles. The third-order valence-corrected chi connectivity index (χ3v) is 0. The Bertz CT molecular complexity index is 96.7. The van der Waals surface area contributed by atoms with Crippen LogP contribution in [-0.4, -0.2) is 42.0 Å². The van der Waals surface area contributed by atoms with Crippen molar-refractivity contribution in [1.82, 2.24) is 0 Å². The van der Waals surface area contributed by atoms with Crippen LogP contribution >= 0.6 is 0 Å². The Morgan fingerprint density at radius 3 is 1.50 bits per heavy atom. The Labute approximate surface area is 57.1 Å². The van der Waals surface area contributed by atoms with E-state index in [1.54, 1.807) is 0 Å². The molecule has 5 heteroatoms. The van der Waals surface area contributed by atoms with E-state index in [9.17, 15) is 8.42 Å². The van der Waals surface area contributed by atoms with Crippen molar-refractivity contribution in [1.29, 1.82) is 0 Å². The Kier molecular flexibility index (Phi) is 4.84. The molecule has 6 heavy (non-hydrogen) atoms. The Morgan fingerprint density at radius 1 is 1.50 bits per heavy atom. The van der Waals surface area contributed by atoms with Gasteiger partial charge in [-0.25, -0.2) is 13.6 Å². The van der Waals surface area contributed by atoms with Crippen molar-refractivity contribution in [3.63, 3.8) is 0 Å². The zero-order chi connectivity index (χ0) is 4.50. The van der Waals surface area contributed by atoms with E-state index in [0.717, 1.165) is 6.26 Å². The predicted molar refractivity (Wildman–Crippen MR) is 27.6 cm³/mol. The maximum atomic E-state index is 9.41. The molecule has 0 saturated carbocycles. The molecule has 0 heterocycles. The molecule has 0 fully saturated rings. The van der Waals surface area contributed by atoms with E-state index in [0.29, 0.717) is 0 Å². The van der Waals surface area contributed by atoms with Gasteiger partial charge in [-0.15, -0.1) is 0 Å². The molecular weight excluding hydrogens is 297 g/mol. The van der Waals surface area contributed by atoms with E-state index < -0.39 is 10.0 Å². The fourth-order valence-corrected chi connectivity index (χ4v) is 0. The molecule has 0 atom stereocenters. The summed E-state index contributed by atoms with van der Waals surface area (Å²) in [5.74, 6) is 0. The van der Waals surface area contributed by atoms with E-state index >= 15 is 0 Å². The summed E-state index contributed by atoms with van der Waals surface area (Å²) in [6, 6.07) is 0. The van der Waals surface area contributed by atoms with Gasteiger partial charge in [0.05, 0.1) is 6.26 Å².